The van der Waals surface area contributed by atoms with Crippen molar-refractivity contribution in [1.82, 2.24) is 24.3 Å². The molecule has 0 bridgehead atoms. The predicted molar refractivity (Wildman–Crippen MR) is 241 cm³/mol. The number of imidazole rings is 2. The zero-order valence-electron chi connectivity index (χ0n) is 34.9. The van der Waals surface area contributed by atoms with Gasteiger partial charge in [-0.1, -0.05) is 164 Å². The first-order valence-corrected chi connectivity index (χ1v) is 20.1. The summed E-state index contributed by atoms with van der Waals surface area (Å²) in [4.78, 5) is 4.12. The Balaban J connectivity index is 0.000000149. The third-order valence-corrected chi connectivity index (χ3v) is 10.0. The first-order valence-electron chi connectivity index (χ1n) is 20.1. The molecule has 4 heterocycles. The first-order chi connectivity index (χ1) is 29.9. The number of hydrogen-bond acceptors (Lipinski definition) is 2. The summed E-state index contributed by atoms with van der Waals surface area (Å²) in [5.41, 5.74) is 15.3. The monoisotopic (exact) mass is 983 g/mol. The van der Waals surface area contributed by atoms with Gasteiger partial charge in [0.15, 0.2) is 0 Å². The van der Waals surface area contributed by atoms with Crippen LogP contribution >= 0.6 is 0 Å². The maximum absolute atomic E-state index is 4.12. The molecule has 0 N–H and O–H groups in total. The van der Waals surface area contributed by atoms with E-state index < -0.39 is 0 Å². The Morgan fingerprint density at radius 1 is 0.484 bits per heavy atom. The standard InChI is InChI=1S/2C23H19N2.C8H6N3.Ir/c2*1-18-10-9-15-21(16-18)25-17-24(2)22(19-11-5-3-6-12-19)23(25)20-13-7-4-8-14-20;1-2-5-9-7(3-1)8-4-6-10-11-8;/h2*3-14,16H,1-2H3;1-6H;/q3*-1;. The predicted octanol–water partition coefficient (Wildman–Crippen LogP) is 10.2. The SMILES string of the molecule is Cc1cc[c-]c(-n2[c-][n+](C)c(-c3ccccc3)c2-c2ccccc2)c1.Cc1cc[c-]c(-n2[c-][n+](C)c(-c3ccccc3)c2-c2ccccc2)c1.[Ir].c1ccc(-c2ccn[n-]2)nc1. The molecule has 0 saturated heterocycles. The van der Waals surface area contributed by atoms with Crippen molar-refractivity contribution in [3.63, 3.8) is 0 Å². The molecular weight excluding hydrogens is 939 g/mol. The van der Waals surface area contributed by atoms with Gasteiger partial charge in [0.25, 0.3) is 0 Å². The van der Waals surface area contributed by atoms with Crippen LogP contribution in [0.5, 0.6) is 0 Å². The molecule has 4 aromatic heterocycles. The zero-order valence-corrected chi connectivity index (χ0v) is 37.3. The maximum atomic E-state index is 4.12. The van der Waals surface area contributed by atoms with Crippen LogP contribution in [0.1, 0.15) is 11.1 Å². The van der Waals surface area contributed by atoms with Crippen molar-refractivity contribution in [2.75, 3.05) is 0 Å². The summed E-state index contributed by atoms with van der Waals surface area (Å²) in [7, 11) is 4.09. The molecule has 0 amide bonds. The molecule has 307 valence electrons. The van der Waals surface area contributed by atoms with E-state index in [4.69, 9.17) is 0 Å². The van der Waals surface area contributed by atoms with Crippen LogP contribution in [0.4, 0.5) is 0 Å². The second-order valence-corrected chi connectivity index (χ2v) is 14.5. The van der Waals surface area contributed by atoms with Crippen LogP contribution in [-0.2, 0) is 34.2 Å². The first kappa shape index (κ1) is 42.9. The number of pyridine rings is 1. The van der Waals surface area contributed by atoms with Gasteiger partial charge >= 0.3 is 0 Å². The van der Waals surface area contributed by atoms with E-state index in [2.05, 4.69) is 193 Å². The summed E-state index contributed by atoms with van der Waals surface area (Å²) in [6, 6.07) is 68.4. The molecule has 8 heteroatoms. The van der Waals surface area contributed by atoms with Gasteiger partial charge in [0.05, 0.1) is 36.9 Å². The van der Waals surface area contributed by atoms with Crippen molar-refractivity contribution in [1.29, 1.82) is 0 Å². The topological polar surface area (TPSA) is 57.5 Å². The third-order valence-electron chi connectivity index (χ3n) is 10.0. The summed E-state index contributed by atoms with van der Waals surface area (Å²) < 4.78 is 8.33. The van der Waals surface area contributed by atoms with Gasteiger partial charge in [-0.05, 0) is 34.4 Å². The minimum absolute atomic E-state index is 0. The molecule has 7 nitrogen and oxygen atoms in total. The molecule has 0 aliphatic carbocycles. The average molecular weight is 983 g/mol. The number of aromatic nitrogens is 7. The summed E-state index contributed by atoms with van der Waals surface area (Å²) in [6.45, 7) is 4.20. The summed E-state index contributed by atoms with van der Waals surface area (Å²) in [5.74, 6) is 0. The van der Waals surface area contributed by atoms with Crippen molar-refractivity contribution in [2.45, 2.75) is 13.8 Å². The van der Waals surface area contributed by atoms with Crippen LogP contribution in [0.15, 0.2) is 194 Å². The minimum atomic E-state index is 0. The average Bonchev–Trinajstić information content (AvgIpc) is 4.07. The molecule has 0 aliphatic rings. The van der Waals surface area contributed by atoms with Gasteiger partial charge in [0.2, 0.25) is 12.7 Å². The van der Waals surface area contributed by atoms with E-state index in [9.17, 15) is 0 Å². The maximum Gasteiger partial charge on any atom is 0.242 e. The molecule has 1 radical (unpaired) electrons. The Kier molecular flexibility index (Phi) is 14.1. The van der Waals surface area contributed by atoms with Crippen LogP contribution in [0, 0.1) is 38.6 Å². The normalized spacial score (nSPS) is 10.5. The molecule has 0 saturated carbocycles. The summed E-state index contributed by atoms with van der Waals surface area (Å²) in [5, 5.41) is 7.58. The van der Waals surface area contributed by atoms with E-state index in [1.165, 1.54) is 22.3 Å². The number of aryl methyl sites for hydroxylation is 4. The van der Waals surface area contributed by atoms with Gasteiger partial charge in [-0.3, -0.25) is 4.98 Å². The van der Waals surface area contributed by atoms with Crippen molar-refractivity contribution in [2.24, 2.45) is 14.1 Å². The van der Waals surface area contributed by atoms with Crippen molar-refractivity contribution >= 4 is 0 Å². The van der Waals surface area contributed by atoms with E-state index in [1.54, 1.807) is 12.4 Å². The van der Waals surface area contributed by atoms with Crippen molar-refractivity contribution < 1.29 is 29.2 Å². The minimum Gasteiger partial charge on any atom is -0.574 e. The molecule has 0 atom stereocenters. The smallest absolute Gasteiger partial charge is 0.242 e. The van der Waals surface area contributed by atoms with Crippen LogP contribution < -0.4 is 14.2 Å². The molecule has 0 fully saturated rings. The zero-order chi connectivity index (χ0) is 42.0. The van der Waals surface area contributed by atoms with Gasteiger partial charge in [0.1, 0.15) is 0 Å². The van der Waals surface area contributed by atoms with Gasteiger partial charge in [0, 0.05) is 38.2 Å². The molecule has 0 spiro atoms. The second-order valence-electron chi connectivity index (χ2n) is 14.5. The Morgan fingerprint density at radius 3 is 1.27 bits per heavy atom. The molecule has 62 heavy (non-hydrogen) atoms. The van der Waals surface area contributed by atoms with E-state index in [-0.39, 0.29) is 20.1 Å². The quantitative estimate of drug-likeness (QED) is 0.118. The van der Waals surface area contributed by atoms with Crippen LogP contribution in [0.3, 0.4) is 0 Å². The Morgan fingerprint density at radius 2 is 0.903 bits per heavy atom. The van der Waals surface area contributed by atoms with Gasteiger partial charge in [-0.25, -0.2) is 0 Å². The Hall–Kier alpha value is -7.25. The molecule has 0 unspecified atom stereocenters. The van der Waals surface area contributed by atoms with Crippen molar-refractivity contribution in [3.8, 4) is 67.8 Å². The fraction of sp³-hybridized carbons (Fsp3) is 0.0741. The molecule has 10 rings (SSSR count). The number of nitrogens with zero attached hydrogens (tertiary/aromatic N) is 7. The largest absolute Gasteiger partial charge is 0.574 e. The van der Waals surface area contributed by atoms with Gasteiger partial charge < -0.3 is 28.5 Å². The van der Waals surface area contributed by atoms with Gasteiger partial charge in [-0.2, -0.15) is 59.7 Å². The Bertz CT molecular complexity index is 2760. The fourth-order valence-corrected chi connectivity index (χ4v) is 7.22. The fourth-order valence-electron chi connectivity index (χ4n) is 7.22. The van der Waals surface area contributed by atoms with Crippen LogP contribution in [0.2, 0.25) is 0 Å². The third kappa shape index (κ3) is 9.85. The van der Waals surface area contributed by atoms with Crippen molar-refractivity contribution in [3.05, 3.63) is 230 Å². The van der Waals surface area contributed by atoms with E-state index in [1.807, 2.05) is 74.8 Å². The molecule has 0 aliphatic heterocycles. The van der Waals surface area contributed by atoms with Crippen LogP contribution in [-0.4, -0.2) is 19.2 Å². The second kappa shape index (κ2) is 20.3. The summed E-state index contributed by atoms with van der Waals surface area (Å²) >= 11 is 0. The molecular formula is C54H44IrN7-3. The van der Waals surface area contributed by atoms with Crippen LogP contribution in [0.25, 0.3) is 67.8 Å². The van der Waals surface area contributed by atoms with Gasteiger partial charge in [-0.15, -0.1) is 0 Å². The number of benzene rings is 6. The number of hydrogen-bond donors (Lipinski definition) is 0. The molecule has 10 aromatic rings. The molecule has 6 aromatic carbocycles. The van der Waals surface area contributed by atoms with E-state index >= 15 is 0 Å². The van der Waals surface area contributed by atoms with E-state index in [0.717, 1.165) is 56.7 Å². The summed E-state index contributed by atoms with van der Waals surface area (Å²) in [6.07, 6.45) is 10.3. The van der Waals surface area contributed by atoms with E-state index in [0.29, 0.717) is 0 Å². The number of rotatable bonds is 7. The Labute approximate surface area is 377 Å².